The maximum absolute atomic E-state index is 11.1. The average Bonchev–Trinajstić information content (AvgIpc) is 2.92. The zero-order valence-electron chi connectivity index (χ0n) is 13.0. The maximum Gasteiger partial charge on any atom is 0.311 e. The van der Waals surface area contributed by atoms with Crippen LogP contribution in [0.4, 0.5) is 17.2 Å². The number of nitro groups is 1. The van der Waals surface area contributed by atoms with Crippen LogP contribution < -0.4 is 14.8 Å². The van der Waals surface area contributed by atoms with Crippen LogP contribution in [0.5, 0.6) is 11.5 Å². The summed E-state index contributed by atoms with van der Waals surface area (Å²) in [4.78, 5) is 14.7. The largest absolute Gasteiger partial charge is 0.448 e. The van der Waals surface area contributed by atoms with Gasteiger partial charge in [-0.1, -0.05) is 6.42 Å². The van der Waals surface area contributed by atoms with Crippen molar-refractivity contribution in [2.24, 2.45) is 0 Å². The van der Waals surface area contributed by atoms with Gasteiger partial charge in [0.05, 0.1) is 4.92 Å². The van der Waals surface area contributed by atoms with Crippen LogP contribution in [0.3, 0.4) is 0 Å². The molecule has 1 fully saturated rings. The number of fused-ring (bicyclic) bond motifs is 1. The molecule has 1 aromatic carbocycles. The first-order chi connectivity index (χ1) is 11.7. The second-order valence-corrected chi connectivity index (χ2v) is 6.09. The van der Waals surface area contributed by atoms with E-state index < -0.39 is 10.7 Å². The van der Waals surface area contributed by atoms with Gasteiger partial charge in [-0.05, 0) is 31.0 Å². The standard InChI is InChI=1S/C17H17N3O4/c21-20(22)13-5-4-10-18-16(13)19-12-6-7-14-15(11-12)24-17(23-14)8-2-1-3-9-17/h4-7,10-11H,1-3,8-9H2,(H,18,19). The van der Waals surface area contributed by atoms with Crippen LogP contribution in [0, 0.1) is 10.1 Å². The number of aromatic nitrogens is 1. The number of nitrogens with one attached hydrogen (secondary N) is 1. The lowest BCUT2D eigenvalue weighted by Gasteiger charge is -2.31. The maximum atomic E-state index is 11.1. The van der Waals surface area contributed by atoms with Crippen LogP contribution in [0.1, 0.15) is 32.1 Å². The summed E-state index contributed by atoms with van der Waals surface area (Å²) in [5.41, 5.74) is 0.603. The Balaban J connectivity index is 1.58. The smallest absolute Gasteiger partial charge is 0.311 e. The van der Waals surface area contributed by atoms with Crippen molar-refractivity contribution in [3.8, 4) is 11.5 Å². The van der Waals surface area contributed by atoms with E-state index >= 15 is 0 Å². The molecule has 4 rings (SSSR count). The first kappa shape index (κ1) is 14.7. The van der Waals surface area contributed by atoms with Crippen molar-refractivity contribution in [2.75, 3.05) is 5.32 Å². The molecule has 1 aromatic heterocycles. The van der Waals surface area contributed by atoms with E-state index in [0.29, 0.717) is 11.4 Å². The van der Waals surface area contributed by atoms with Crippen LogP contribution >= 0.6 is 0 Å². The highest BCUT2D eigenvalue weighted by Gasteiger charge is 2.42. The molecule has 2 aliphatic rings. The van der Waals surface area contributed by atoms with Crippen molar-refractivity contribution in [3.05, 3.63) is 46.6 Å². The fourth-order valence-electron chi connectivity index (χ4n) is 3.24. The van der Waals surface area contributed by atoms with E-state index in [1.54, 1.807) is 6.07 Å². The van der Waals surface area contributed by atoms with Gasteiger partial charge >= 0.3 is 5.69 Å². The first-order valence-electron chi connectivity index (χ1n) is 8.04. The number of benzene rings is 1. The lowest BCUT2D eigenvalue weighted by atomic mass is 9.94. The normalized spacial score (nSPS) is 17.7. The molecular weight excluding hydrogens is 310 g/mol. The third-order valence-electron chi connectivity index (χ3n) is 4.40. The number of hydrogen-bond acceptors (Lipinski definition) is 6. The number of pyridine rings is 1. The summed E-state index contributed by atoms with van der Waals surface area (Å²) >= 11 is 0. The van der Waals surface area contributed by atoms with Gasteiger partial charge in [-0.25, -0.2) is 4.98 Å². The molecule has 1 aliphatic carbocycles. The number of rotatable bonds is 3. The highest BCUT2D eigenvalue weighted by molar-refractivity contribution is 5.67. The SMILES string of the molecule is O=[N+]([O-])c1cccnc1Nc1ccc2c(c1)OC1(CCCCC1)O2. The molecule has 7 heteroatoms. The summed E-state index contributed by atoms with van der Waals surface area (Å²) in [7, 11) is 0. The minimum absolute atomic E-state index is 0.0704. The Bertz CT molecular complexity index is 787. The molecule has 1 N–H and O–H groups in total. The van der Waals surface area contributed by atoms with Gasteiger partial charge in [0.2, 0.25) is 5.82 Å². The average molecular weight is 327 g/mol. The monoisotopic (exact) mass is 327 g/mol. The van der Waals surface area contributed by atoms with Crippen molar-refractivity contribution in [2.45, 2.75) is 37.9 Å². The van der Waals surface area contributed by atoms with Crippen LogP contribution in [-0.4, -0.2) is 15.7 Å². The third-order valence-corrected chi connectivity index (χ3v) is 4.40. The van der Waals surface area contributed by atoms with Crippen molar-refractivity contribution >= 4 is 17.2 Å². The summed E-state index contributed by atoms with van der Waals surface area (Å²) in [5, 5.41) is 14.1. The van der Waals surface area contributed by atoms with E-state index in [1.807, 2.05) is 12.1 Å². The quantitative estimate of drug-likeness (QED) is 0.672. The molecule has 2 heterocycles. The highest BCUT2D eigenvalue weighted by atomic mass is 16.7. The second kappa shape index (κ2) is 5.67. The Kier molecular flexibility index (Phi) is 3.48. The summed E-state index contributed by atoms with van der Waals surface area (Å²) in [5.74, 6) is 1.06. The molecule has 2 aromatic rings. The van der Waals surface area contributed by atoms with Crippen molar-refractivity contribution in [3.63, 3.8) is 0 Å². The summed E-state index contributed by atoms with van der Waals surface area (Å²) in [6, 6.07) is 8.39. The summed E-state index contributed by atoms with van der Waals surface area (Å²) in [6.07, 6.45) is 6.69. The first-order valence-corrected chi connectivity index (χ1v) is 8.04. The van der Waals surface area contributed by atoms with Crippen molar-refractivity contribution < 1.29 is 14.4 Å². The molecule has 0 amide bonds. The van der Waals surface area contributed by atoms with Crippen molar-refractivity contribution in [1.29, 1.82) is 0 Å². The fourth-order valence-corrected chi connectivity index (χ4v) is 3.24. The third kappa shape index (κ3) is 2.62. The van der Waals surface area contributed by atoms with E-state index in [0.717, 1.165) is 31.4 Å². The molecule has 0 atom stereocenters. The van der Waals surface area contributed by atoms with E-state index in [-0.39, 0.29) is 11.5 Å². The van der Waals surface area contributed by atoms with E-state index in [1.165, 1.54) is 24.8 Å². The summed E-state index contributed by atoms with van der Waals surface area (Å²) in [6.45, 7) is 0. The van der Waals surface area contributed by atoms with Crippen LogP contribution in [0.15, 0.2) is 36.5 Å². The van der Waals surface area contributed by atoms with Gasteiger partial charge in [0.15, 0.2) is 11.5 Å². The number of anilines is 2. The molecule has 24 heavy (non-hydrogen) atoms. The van der Waals surface area contributed by atoms with Gasteiger partial charge in [0.25, 0.3) is 5.79 Å². The molecule has 124 valence electrons. The molecule has 1 spiro atoms. The highest BCUT2D eigenvalue weighted by Crippen LogP contribution is 2.46. The fraction of sp³-hybridized carbons (Fsp3) is 0.353. The van der Waals surface area contributed by atoms with Gasteiger partial charge in [0, 0.05) is 36.9 Å². The van der Waals surface area contributed by atoms with E-state index in [2.05, 4.69) is 10.3 Å². The van der Waals surface area contributed by atoms with Gasteiger partial charge in [-0.15, -0.1) is 0 Å². The van der Waals surface area contributed by atoms with Crippen molar-refractivity contribution in [1.82, 2.24) is 4.98 Å². The molecule has 1 aliphatic heterocycles. The minimum atomic E-state index is -0.532. The number of nitrogens with zero attached hydrogens (tertiary/aromatic N) is 2. The molecule has 7 nitrogen and oxygen atoms in total. The number of ether oxygens (including phenoxy) is 2. The van der Waals surface area contributed by atoms with Gasteiger partial charge in [-0.2, -0.15) is 0 Å². The lowest BCUT2D eigenvalue weighted by Crippen LogP contribution is -2.40. The predicted octanol–water partition coefficient (Wildman–Crippen LogP) is 4.17. The Morgan fingerprint density at radius 1 is 1.12 bits per heavy atom. The van der Waals surface area contributed by atoms with Gasteiger partial charge in [0.1, 0.15) is 0 Å². The van der Waals surface area contributed by atoms with E-state index in [4.69, 9.17) is 9.47 Å². The summed E-state index contributed by atoms with van der Waals surface area (Å²) < 4.78 is 12.1. The zero-order valence-corrected chi connectivity index (χ0v) is 13.0. The van der Waals surface area contributed by atoms with Gasteiger partial charge < -0.3 is 14.8 Å². The Labute approximate surface area is 138 Å². The molecule has 1 saturated carbocycles. The Morgan fingerprint density at radius 3 is 2.71 bits per heavy atom. The van der Waals surface area contributed by atoms with Crippen LogP contribution in [0.25, 0.3) is 0 Å². The molecule has 0 bridgehead atoms. The van der Waals surface area contributed by atoms with Crippen LogP contribution in [0.2, 0.25) is 0 Å². The Hall–Kier alpha value is -2.83. The zero-order chi connectivity index (χ0) is 16.6. The van der Waals surface area contributed by atoms with Gasteiger partial charge in [-0.3, -0.25) is 10.1 Å². The predicted molar refractivity (Wildman–Crippen MR) is 87.7 cm³/mol. The van der Waals surface area contributed by atoms with E-state index in [9.17, 15) is 10.1 Å². The minimum Gasteiger partial charge on any atom is -0.448 e. The molecule has 0 unspecified atom stereocenters. The Morgan fingerprint density at radius 2 is 1.92 bits per heavy atom. The molecular formula is C17H17N3O4. The molecule has 0 saturated heterocycles. The second-order valence-electron chi connectivity index (χ2n) is 6.09. The molecule has 0 radical (unpaired) electrons. The lowest BCUT2D eigenvalue weighted by molar-refractivity contribution is -0.384. The number of hydrogen-bond donors (Lipinski definition) is 1. The van der Waals surface area contributed by atoms with Crippen LogP contribution in [-0.2, 0) is 0 Å². The topological polar surface area (TPSA) is 86.5 Å².